The normalized spacial score (nSPS) is 27.1. The Morgan fingerprint density at radius 1 is 1.17 bits per heavy atom. The van der Waals surface area contributed by atoms with E-state index in [1.54, 1.807) is 18.1 Å². The van der Waals surface area contributed by atoms with E-state index in [2.05, 4.69) is 72.3 Å². The summed E-state index contributed by atoms with van der Waals surface area (Å²) < 4.78 is 0. The van der Waals surface area contributed by atoms with Crippen molar-refractivity contribution in [2.75, 3.05) is 0 Å². The Morgan fingerprint density at radius 3 is 2.27 bits per heavy atom. The minimum absolute atomic E-state index is 0. The molecule has 3 aliphatic carbocycles. The van der Waals surface area contributed by atoms with Crippen LogP contribution in [0.15, 0.2) is 40.5 Å². The van der Waals surface area contributed by atoms with Gasteiger partial charge >= 0.3 is 21.7 Å². The molecule has 2 fully saturated rings. The summed E-state index contributed by atoms with van der Waals surface area (Å²) in [6.45, 7) is 13.3. The van der Waals surface area contributed by atoms with Crippen LogP contribution in [0, 0.1) is 23.8 Å². The predicted octanol–water partition coefficient (Wildman–Crippen LogP) is 2.24. The molecule has 0 radical (unpaired) electrons. The quantitative estimate of drug-likeness (QED) is 0.411. The molecule has 0 N–H and O–H groups in total. The Labute approximate surface area is 215 Å². The van der Waals surface area contributed by atoms with Crippen LogP contribution in [-0.2, 0) is 21.7 Å². The van der Waals surface area contributed by atoms with Crippen LogP contribution in [0.1, 0.15) is 73.6 Å². The van der Waals surface area contributed by atoms with Gasteiger partial charge in [0, 0.05) is 8.07 Å². The second-order valence-electron chi connectivity index (χ2n) is 9.92. The number of fused-ring (bicyclic) bond motifs is 1. The molecule has 1 heterocycles. The molecular formula is C26H40Cl2SiTi. The fourth-order valence-electron chi connectivity index (χ4n) is 5.61. The number of rotatable bonds is 4. The van der Waals surface area contributed by atoms with Gasteiger partial charge in [-0.15, -0.1) is 12.5 Å². The Bertz CT molecular complexity index is 683. The van der Waals surface area contributed by atoms with Crippen LogP contribution in [0.5, 0.6) is 0 Å². The van der Waals surface area contributed by atoms with Crippen LogP contribution in [0.4, 0.5) is 0 Å². The average molecular weight is 499 g/mol. The molecule has 1 aliphatic heterocycles. The first-order valence-electron chi connectivity index (χ1n) is 11.3. The Balaban J connectivity index is 0.000000569. The van der Waals surface area contributed by atoms with Crippen molar-refractivity contribution in [1.29, 1.82) is 0 Å². The van der Waals surface area contributed by atoms with E-state index in [0.29, 0.717) is 0 Å². The first kappa shape index (κ1) is 30.5. The molecule has 2 unspecified atom stereocenters. The Morgan fingerprint density at radius 2 is 1.83 bits per heavy atom. The maximum Gasteiger partial charge on any atom is 4.00 e. The summed E-state index contributed by atoms with van der Waals surface area (Å²) in [4.78, 5) is 0. The second-order valence-corrected chi connectivity index (χ2v) is 14.8. The SMILES string of the molecule is CC1=[C-]C(C)(C)C(C)=C1C.CCCC[Si]1(C2[CH-]CC3CC=CC=C32)CCC1.[Cl-].[Cl-].[Ti+4]. The van der Waals surface area contributed by atoms with Crippen LogP contribution in [0.2, 0.25) is 23.7 Å². The topological polar surface area (TPSA) is 0 Å². The van der Waals surface area contributed by atoms with Crippen molar-refractivity contribution < 1.29 is 46.5 Å². The van der Waals surface area contributed by atoms with E-state index in [1.807, 2.05) is 5.57 Å². The van der Waals surface area contributed by atoms with E-state index < -0.39 is 8.07 Å². The van der Waals surface area contributed by atoms with Gasteiger partial charge in [0.1, 0.15) is 0 Å². The van der Waals surface area contributed by atoms with Crippen LogP contribution < -0.4 is 24.8 Å². The van der Waals surface area contributed by atoms with Crippen molar-refractivity contribution >= 4 is 8.07 Å². The molecule has 1 saturated carbocycles. The summed E-state index contributed by atoms with van der Waals surface area (Å²) in [6.07, 6.45) is 20.4. The van der Waals surface area contributed by atoms with Gasteiger partial charge in [-0.25, -0.2) is 5.57 Å². The zero-order valence-corrected chi connectivity index (χ0v) is 24.0. The van der Waals surface area contributed by atoms with Gasteiger partial charge in [0.25, 0.3) is 0 Å². The van der Waals surface area contributed by atoms with E-state index in [4.69, 9.17) is 0 Å². The molecule has 2 atom stereocenters. The third-order valence-electron chi connectivity index (χ3n) is 7.93. The zero-order valence-electron chi connectivity index (χ0n) is 19.9. The summed E-state index contributed by atoms with van der Waals surface area (Å²) in [5.41, 5.74) is 7.21. The maximum atomic E-state index is 3.44. The molecule has 166 valence electrons. The smallest absolute Gasteiger partial charge is 1.00 e. The molecule has 30 heavy (non-hydrogen) atoms. The van der Waals surface area contributed by atoms with Crippen molar-refractivity contribution in [3.05, 3.63) is 53.0 Å². The van der Waals surface area contributed by atoms with Crippen LogP contribution in [-0.4, -0.2) is 8.07 Å². The van der Waals surface area contributed by atoms with Gasteiger partial charge in [-0.2, -0.15) is 17.6 Å². The molecule has 0 nitrogen and oxygen atoms in total. The molecule has 0 bridgehead atoms. The average Bonchev–Trinajstić information content (AvgIpc) is 3.11. The van der Waals surface area contributed by atoms with Crippen LogP contribution >= 0.6 is 0 Å². The second kappa shape index (κ2) is 12.6. The fourth-order valence-corrected chi connectivity index (χ4v) is 11.0. The third-order valence-corrected chi connectivity index (χ3v) is 13.9. The molecule has 0 spiro atoms. The van der Waals surface area contributed by atoms with Crippen molar-refractivity contribution in [2.24, 2.45) is 11.3 Å². The number of unbranched alkanes of at least 4 members (excludes halogenated alkanes) is 1. The van der Waals surface area contributed by atoms with E-state index in [-0.39, 0.29) is 51.9 Å². The molecule has 0 aromatic rings. The van der Waals surface area contributed by atoms with Crippen LogP contribution in [0.3, 0.4) is 0 Å². The van der Waals surface area contributed by atoms with Gasteiger partial charge in [0.05, 0.1) is 0 Å². The molecule has 1 saturated heterocycles. The zero-order chi connectivity index (χ0) is 19.7. The number of halogens is 2. The van der Waals surface area contributed by atoms with Gasteiger partial charge < -0.3 is 31.2 Å². The van der Waals surface area contributed by atoms with Gasteiger partial charge in [-0.1, -0.05) is 101 Å². The van der Waals surface area contributed by atoms with E-state index >= 15 is 0 Å². The minimum atomic E-state index is -0.897. The Kier molecular flexibility index (Phi) is 12.8. The summed E-state index contributed by atoms with van der Waals surface area (Å²) in [5, 5.41) is 0. The maximum absolute atomic E-state index is 3.44. The molecule has 4 heteroatoms. The molecule has 0 amide bonds. The van der Waals surface area contributed by atoms with Gasteiger partial charge in [0.15, 0.2) is 0 Å². The monoisotopic (exact) mass is 498 g/mol. The van der Waals surface area contributed by atoms with E-state index in [9.17, 15) is 0 Å². The van der Waals surface area contributed by atoms with Crippen molar-refractivity contribution in [3.63, 3.8) is 0 Å². The third kappa shape index (κ3) is 6.28. The minimum Gasteiger partial charge on any atom is -1.00 e. The molecule has 4 rings (SSSR count). The summed E-state index contributed by atoms with van der Waals surface area (Å²) >= 11 is 0. The summed E-state index contributed by atoms with van der Waals surface area (Å²) in [6, 6.07) is 4.86. The predicted molar refractivity (Wildman–Crippen MR) is 122 cm³/mol. The van der Waals surface area contributed by atoms with Crippen molar-refractivity contribution in [2.45, 2.75) is 97.3 Å². The van der Waals surface area contributed by atoms with Gasteiger partial charge in [-0.05, 0) is 12.3 Å². The van der Waals surface area contributed by atoms with E-state index in [1.165, 1.54) is 48.8 Å². The molecule has 0 aromatic heterocycles. The number of hydrogen-bond acceptors (Lipinski definition) is 0. The number of hydrogen-bond donors (Lipinski definition) is 0. The van der Waals surface area contributed by atoms with Crippen molar-refractivity contribution in [1.82, 2.24) is 0 Å². The number of allylic oxidation sites excluding steroid dienone is 8. The summed E-state index contributed by atoms with van der Waals surface area (Å²) in [7, 11) is -0.897. The van der Waals surface area contributed by atoms with E-state index in [0.717, 1.165) is 11.5 Å². The van der Waals surface area contributed by atoms with Crippen LogP contribution in [0.25, 0.3) is 0 Å². The molecule has 4 aliphatic rings. The largest absolute Gasteiger partial charge is 4.00 e. The van der Waals surface area contributed by atoms with Crippen molar-refractivity contribution in [3.8, 4) is 0 Å². The first-order valence-corrected chi connectivity index (χ1v) is 14.0. The Hall–Kier alpha value is 0.471. The first-order chi connectivity index (χ1) is 12.8. The van der Waals surface area contributed by atoms with Gasteiger partial charge in [0.2, 0.25) is 0 Å². The fraction of sp³-hybridized carbons (Fsp3) is 0.654. The molecule has 0 aromatic carbocycles. The standard InChI is InChI=1S/C16H25Si.C10H15.2ClH.Ti/c1-2-3-11-17(12-6-13-17)16-10-9-14-7-4-5-8-15(14)16;1-7-6-10(4,5)9(3)8(7)2;;;/h4-5,8,10,14,16H,2-3,6-7,9,11-13H2,1H3;1-5H3;2*1H;/q2*-1;;;+4/p-2. The molecular weight excluding hydrogens is 459 g/mol. The van der Waals surface area contributed by atoms with Gasteiger partial charge in [-0.3, -0.25) is 6.08 Å². The summed E-state index contributed by atoms with van der Waals surface area (Å²) in [5.74, 6) is 0.900.